The van der Waals surface area contributed by atoms with E-state index in [1.54, 1.807) is 0 Å². The van der Waals surface area contributed by atoms with E-state index in [2.05, 4.69) is 16.0 Å². The number of nitriles is 1. The minimum atomic E-state index is 0.110. The van der Waals surface area contributed by atoms with Crippen LogP contribution in [-0.4, -0.2) is 16.1 Å². The molecule has 24 heavy (non-hydrogen) atoms. The zero-order valence-corrected chi connectivity index (χ0v) is 14.0. The lowest BCUT2D eigenvalue weighted by Gasteiger charge is -2.09. The van der Waals surface area contributed by atoms with Crippen LogP contribution in [-0.2, 0) is 0 Å². The number of benzene rings is 2. The van der Waals surface area contributed by atoms with Crippen molar-refractivity contribution in [3.63, 3.8) is 0 Å². The number of H-pyrrole nitrogens is 1. The Hall–Kier alpha value is -3.06. The van der Waals surface area contributed by atoms with Gasteiger partial charge in [-0.15, -0.1) is 0 Å². The van der Waals surface area contributed by atoms with E-state index in [0.717, 1.165) is 27.9 Å². The molecule has 0 fully saturated rings. The average molecular weight is 317 g/mol. The van der Waals surface area contributed by atoms with E-state index < -0.39 is 0 Å². The topological polar surface area (TPSA) is 61.7 Å². The molecule has 4 nitrogen and oxygen atoms in total. The van der Waals surface area contributed by atoms with Gasteiger partial charge in [-0.25, -0.2) is 4.98 Å². The van der Waals surface area contributed by atoms with E-state index in [0.29, 0.717) is 11.4 Å². The number of aromatic nitrogens is 2. The lowest BCUT2D eigenvalue weighted by molar-refractivity contribution is 0.242. The molecule has 3 rings (SSSR count). The minimum absolute atomic E-state index is 0.110. The lowest BCUT2D eigenvalue weighted by Crippen LogP contribution is -2.05. The summed E-state index contributed by atoms with van der Waals surface area (Å²) < 4.78 is 5.70. The quantitative estimate of drug-likeness (QED) is 0.708. The molecule has 0 saturated carbocycles. The zero-order chi connectivity index (χ0) is 17.1. The second kappa shape index (κ2) is 6.59. The van der Waals surface area contributed by atoms with Gasteiger partial charge in [-0.1, -0.05) is 18.2 Å². The first-order valence-electron chi connectivity index (χ1n) is 7.90. The van der Waals surface area contributed by atoms with Crippen LogP contribution in [0, 0.1) is 18.3 Å². The number of rotatable bonds is 4. The smallest absolute Gasteiger partial charge is 0.149 e. The number of ether oxygens (including phenoxy) is 1. The van der Waals surface area contributed by atoms with Gasteiger partial charge in [-0.2, -0.15) is 5.26 Å². The molecule has 0 saturated heterocycles. The predicted octanol–water partition coefficient (Wildman–Crippen LogP) is 4.72. The fraction of sp³-hybridized carbons (Fsp3) is 0.200. The summed E-state index contributed by atoms with van der Waals surface area (Å²) in [5.74, 6) is 1.37. The first-order valence-corrected chi connectivity index (χ1v) is 7.90. The number of aryl methyl sites for hydroxylation is 1. The molecule has 0 unspecified atom stereocenters. The highest BCUT2D eigenvalue weighted by Crippen LogP contribution is 2.22. The molecule has 0 amide bonds. The predicted molar refractivity (Wildman–Crippen MR) is 96.5 cm³/mol. The third-order valence-electron chi connectivity index (χ3n) is 3.55. The van der Waals surface area contributed by atoms with Gasteiger partial charge in [-0.05, 0) is 62.2 Å². The SMILES string of the molecule is Cc1ccc2nc(/C(C#N)=C\c3cccc(OC(C)C)c3)[nH]c2c1. The van der Waals surface area contributed by atoms with Crippen LogP contribution in [0.4, 0.5) is 0 Å². The minimum Gasteiger partial charge on any atom is -0.491 e. The van der Waals surface area contributed by atoms with Crippen LogP contribution in [0.5, 0.6) is 5.75 Å². The number of hydrogen-bond acceptors (Lipinski definition) is 3. The number of imidazole rings is 1. The van der Waals surface area contributed by atoms with Crippen LogP contribution < -0.4 is 4.74 Å². The number of allylic oxidation sites excluding steroid dienone is 1. The molecule has 4 heteroatoms. The van der Waals surface area contributed by atoms with E-state index in [-0.39, 0.29) is 6.10 Å². The van der Waals surface area contributed by atoms with Crippen molar-refractivity contribution in [2.75, 3.05) is 0 Å². The largest absolute Gasteiger partial charge is 0.491 e. The molecule has 1 aromatic heterocycles. The molecule has 1 N–H and O–H groups in total. The maximum Gasteiger partial charge on any atom is 0.149 e. The van der Waals surface area contributed by atoms with Gasteiger partial charge in [0.25, 0.3) is 0 Å². The summed E-state index contributed by atoms with van der Waals surface area (Å²) in [5.41, 5.74) is 4.34. The summed E-state index contributed by atoms with van der Waals surface area (Å²) in [6, 6.07) is 15.9. The highest BCUT2D eigenvalue weighted by atomic mass is 16.5. The molecule has 0 radical (unpaired) electrons. The fourth-order valence-electron chi connectivity index (χ4n) is 2.52. The van der Waals surface area contributed by atoms with Gasteiger partial charge in [-0.3, -0.25) is 0 Å². The van der Waals surface area contributed by atoms with E-state index in [1.807, 2.05) is 69.3 Å². The normalized spacial score (nSPS) is 11.7. The molecule has 0 aliphatic carbocycles. The van der Waals surface area contributed by atoms with Crippen LogP contribution >= 0.6 is 0 Å². The van der Waals surface area contributed by atoms with Gasteiger partial charge in [0.2, 0.25) is 0 Å². The summed E-state index contributed by atoms with van der Waals surface area (Å²) in [7, 11) is 0. The Bertz CT molecular complexity index is 945. The zero-order valence-electron chi connectivity index (χ0n) is 14.0. The first-order chi connectivity index (χ1) is 11.5. The summed E-state index contributed by atoms with van der Waals surface area (Å²) in [6.07, 6.45) is 1.93. The fourth-order valence-corrected chi connectivity index (χ4v) is 2.52. The molecule has 0 spiro atoms. The summed E-state index contributed by atoms with van der Waals surface area (Å²) >= 11 is 0. The third kappa shape index (κ3) is 3.47. The second-order valence-corrected chi connectivity index (χ2v) is 6.01. The molecule has 0 aliphatic rings. The number of hydrogen-bond donors (Lipinski definition) is 1. The molecule has 0 atom stereocenters. The first kappa shape index (κ1) is 15.8. The molecule has 0 bridgehead atoms. The van der Waals surface area contributed by atoms with Crippen molar-refractivity contribution >= 4 is 22.7 Å². The van der Waals surface area contributed by atoms with Gasteiger partial charge >= 0.3 is 0 Å². The monoisotopic (exact) mass is 317 g/mol. The number of fused-ring (bicyclic) bond motifs is 1. The van der Waals surface area contributed by atoms with E-state index in [9.17, 15) is 5.26 Å². The summed E-state index contributed by atoms with van der Waals surface area (Å²) in [4.78, 5) is 7.74. The van der Waals surface area contributed by atoms with Crippen molar-refractivity contribution in [2.24, 2.45) is 0 Å². The van der Waals surface area contributed by atoms with Crippen molar-refractivity contribution in [3.05, 3.63) is 59.4 Å². The van der Waals surface area contributed by atoms with Crippen molar-refractivity contribution in [2.45, 2.75) is 26.9 Å². The molecule has 0 aliphatic heterocycles. The van der Waals surface area contributed by atoms with Crippen LogP contribution in [0.15, 0.2) is 42.5 Å². The maximum atomic E-state index is 9.53. The van der Waals surface area contributed by atoms with Crippen molar-refractivity contribution in [3.8, 4) is 11.8 Å². The number of nitrogens with zero attached hydrogens (tertiary/aromatic N) is 2. The Morgan fingerprint density at radius 1 is 1.25 bits per heavy atom. The van der Waals surface area contributed by atoms with Gasteiger partial charge in [0.1, 0.15) is 17.6 Å². The standard InChI is InChI=1S/C20H19N3O/c1-13(2)24-17-6-4-5-15(11-17)10-16(12-21)20-22-18-8-7-14(3)9-19(18)23-20/h4-11,13H,1-3H3,(H,22,23)/b16-10-. The molecule has 1 heterocycles. The molecular formula is C20H19N3O. The van der Waals surface area contributed by atoms with Gasteiger partial charge in [0.05, 0.1) is 22.7 Å². The molecule has 2 aromatic carbocycles. The highest BCUT2D eigenvalue weighted by Gasteiger charge is 2.08. The Labute approximate surface area is 141 Å². The molecule has 3 aromatic rings. The Balaban J connectivity index is 1.98. The second-order valence-electron chi connectivity index (χ2n) is 6.01. The highest BCUT2D eigenvalue weighted by molar-refractivity contribution is 5.90. The number of nitrogens with one attached hydrogen (secondary N) is 1. The lowest BCUT2D eigenvalue weighted by atomic mass is 10.1. The Kier molecular flexibility index (Phi) is 4.35. The Morgan fingerprint density at radius 3 is 2.83 bits per heavy atom. The summed E-state index contributed by atoms with van der Waals surface area (Å²) in [5, 5.41) is 9.53. The average Bonchev–Trinajstić information content (AvgIpc) is 2.95. The summed E-state index contributed by atoms with van der Waals surface area (Å²) in [6.45, 7) is 6.00. The van der Waals surface area contributed by atoms with Crippen LogP contribution in [0.1, 0.15) is 30.8 Å². The van der Waals surface area contributed by atoms with E-state index >= 15 is 0 Å². The third-order valence-corrected chi connectivity index (χ3v) is 3.55. The van der Waals surface area contributed by atoms with Crippen molar-refractivity contribution < 1.29 is 4.74 Å². The van der Waals surface area contributed by atoms with E-state index in [4.69, 9.17) is 4.74 Å². The van der Waals surface area contributed by atoms with E-state index in [1.165, 1.54) is 0 Å². The van der Waals surface area contributed by atoms with Crippen LogP contribution in [0.2, 0.25) is 0 Å². The van der Waals surface area contributed by atoms with Crippen molar-refractivity contribution in [1.29, 1.82) is 5.26 Å². The van der Waals surface area contributed by atoms with Crippen LogP contribution in [0.25, 0.3) is 22.7 Å². The van der Waals surface area contributed by atoms with Crippen molar-refractivity contribution in [1.82, 2.24) is 9.97 Å². The number of aromatic amines is 1. The molecule has 120 valence electrons. The van der Waals surface area contributed by atoms with Gasteiger partial charge < -0.3 is 9.72 Å². The van der Waals surface area contributed by atoms with Gasteiger partial charge in [0, 0.05) is 0 Å². The molecular weight excluding hydrogens is 298 g/mol. The van der Waals surface area contributed by atoms with Gasteiger partial charge in [0.15, 0.2) is 0 Å². The van der Waals surface area contributed by atoms with Crippen LogP contribution in [0.3, 0.4) is 0 Å². The Morgan fingerprint density at radius 2 is 2.08 bits per heavy atom. The maximum absolute atomic E-state index is 9.53.